The van der Waals surface area contributed by atoms with Gasteiger partial charge in [0.2, 0.25) is 5.95 Å². The van der Waals surface area contributed by atoms with E-state index in [1.54, 1.807) is 19.5 Å². The summed E-state index contributed by atoms with van der Waals surface area (Å²) >= 11 is 0. The Kier molecular flexibility index (Phi) is 5.38. The van der Waals surface area contributed by atoms with E-state index < -0.39 is 0 Å². The molecule has 8 nitrogen and oxygen atoms in total. The van der Waals surface area contributed by atoms with Crippen LogP contribution in [-0.4, -0.2) is 50.8 Å². The molecular weight excluding hydrogens is 354 g/mol. The fourth-order valence-electron chi connectivity index (χ4n) is 3.54. The summed E-state index contributed by atoms with van der Waals surface area (Å²) in [7, 11) is 1.78. The molecule has 0 radical (unpaired) electrons. The molecule has 1 atom stereocenters. The smallest absolute Gasteiger partial charge is 0.227 e. The molecule has 1 unspecified atom stereocenters. The fourth-order valence-corrected chi connectivity index (χ4v) is 3.54. The first kappa shape index (κ1) is 18.6. The Labute approximate surface area is 165 Å². The molecule has 4 heterocycles. The van der Waals surface area contributed by atoms with E-state index in [1.165, 1.54) is 0 Å². The third-order valence-electron chi connectivity index (χ3n) is 5.48. The molecule has 0 amide bonds. The molecule has 0 saturated carbocycles. The van der Waals surface area contributed by atoms with Crippen LogP contribution in [0.15, 0.2) is 30.9 Å². The van der Waals surface area contributed by atoms with Gasteiger partial charge in [-0.15, -0.1) is 0 Å². The Bertz CT molecular complexity index is 933. The molecular formula is C20H27N7O. The number of pyridine rings is 1. The van der Waals surface area contributed by atoms with Gasteiger partial charge in [0.15, 0.2) is 0 Å². The van der Waals surface area contributed by atoms with Crippen molar-refractivity contribution < 1.29 is 4.74 Å². The summed E-state index contributed by atoms with van der Waals surface area (Å²) in [6.07, 6.45) is 8.85. The van der Waals surface area contributed by atoms with Gasteiger partial charge in [-0.3, -0.25) is 0 Å². The Morgan fingerprint density at radius 1 is 1.21 bits per heavy atom. The monoisotopic (exact) mass is 381 g/mol. The van der Waals surface area contributed by atoms with Crippen LogP contribution < -0.4 is 10.2 Å². The minimum Gasteiger partial charge on any atom is -0.381 e. The second kappa shape index (κ2) is 8.10. The van der Waals surface area contributed by atoms with Crippen LogP contribution in [0.25, 0.3) is 11.0 Å². The maximum Gasteiger partial charge on any atom is 0.227 e. The molecule has 0 spiro atoms. The highest BCUT2D eigenvalue weighted by Gasteiger charge is 2.20. The highest BCUT2D eigenvalue weighted by Crippen LogP contribution is 2.24. The van der Waals surface area contributed by atoms with Crippen molar-refractivity contribution in [3.05, 3.63) is 30.9 Å². The number of aromatic nitrogens is 5. The summed E-state index contributed by atoms with van der Waals surface area (Å²) in [5.74, 6) is 2.23. The third-order valence-corrected chi connectivity index (χ3v) is 5.48. The Balaban J connectivity index is 1.53. The summed E-state index contributed by atoms with van der Waals surface area (Å²) in [5, 5.41) is 3.31. The van der Waals surface area contributed by atoms with Crippen molar-refractivity contribution in [2.75, 3.05) is 30.4 Å². The lowest BCUT2D eigenvalue weighted by Gasteiger charge is -2.31. The van der Waals surface area contributed by atoms with Gasteiger partial charge in [-0.05, 0) is 32.3 Å². The van der Waals surface area contributed by atoms with Crippen LogP contribution in [0, 0.1) is 0 Å². The maximum absolute atomic E-state index is 5.45. The van der Waals surface area contributed by atoms with Crippen LogP contribution in [0.4, 0.5) is 17.6 Å². The molecule has 1 saturated heterocycles. The lowest BCUT2D eigenvalue weighted by Crippen LogP contribution is -2.37. The van der Waals surface area contributed by atoms with Gasteiger partial charge < -0.3 is 19.5 Å². The first-order valence-corrected chi connectivity index (χ1v) is 9.88. The predicted molar refractivity (Wildman–Crippen MR) is 110 cm³/mol. The first-order chi connectivity index (χ1) is 13.7. The molecule has 4 rings (SSSR count). The van der Waals surface area contributed by atoms with Crippen LogP contribution in [0.3, 0.4) is 0 Å². The highest BCUT2D eigenvalue weighted by molar-refractivity contribution is 5.78. The Hall–Kier alpha value is -2.74. The molecule has 0 aromatic carbocycles. The number of ether oxygens (including phenoxy) is 1. The number of methoxy groups -OCH3 is 1. The molecule has 1 aliphatic heterocycles. The Morgan fingerprint density at radius 2 is 2.04 bits per heavy atom. The van der Waals surface area contributed by atoms with Gasteiger partial charge in [-0.25, -0.2) is 15.0 Å². The van der Waals surface area contributed by atoms with Crippen molar-refractivity contribution in [3.8, 4) is 0 Å². The highest BCUT2D eigenvalue weighted by atomic mass is 16.5. The van der Waals surface area contributed by atoms with Crippen LogP contribution in [0.2, 0.25) is 0 Å². The number of nitrogens with zero attached hydrogens (tertiary/aromatic N) is 6. The second-order valence-corrected chi connectivity index (χ2v) is 7.26. The third kappa shape index (κ3) is 3.77. The lowest BCUT2D eigenvalue weighted by atomic mass is 10.1. The van der Waals surface area contributed by atoms with E-state index in [4.69, 9.17) is 4.74 Å². The molecule has 0 bridgehead atoms. The van der Waals surface area contributed by atoms with Crippen molar-refractivity contribution in [1.29, 1.82) is 0 Å². The van der Waals surface area contributed by atoms with Crippen molar-refractivity contribution in [2.45, 2.75) is 45.3 Å². The maximum atomic E-state index is 5.45. The van der Waals surface area contributed by atoms with Gasteiger partial charge in [0.05, 0.1) is 24.1 Å². The van der Waals surface area contributed by atoms with Crippen molar-refractivity contribution >= 4 is 28.6 Å². The number of hydrogen-bond acceptors (Lipinski definition) is 7. The number of hydrogen-bond donors (Lipinski definition) is 1. The van der Waals surface area contributed by atoms with Crippen LogP contribution >= 0.6 is 0 Å². The van der Waals surface area contributed by atoms with E-state index in [9.17, 15) is 0 Å². The van der Waals surface area contributed by atoms with Gasteiger partial charge in [0.1, 0.15) is 17.2 Å². The number of fused-ring (bicyclic) bond motifs is 1. The van der Waals surface area contributed by atoms with Gasteiger partial charge in [0.25, 0.3) is 0 Å². The van der Waals surface area contributed by atoms with E-state index in [-0.39, 0.29) is 0 Å². The van der Waals surface area contributed by atoms with E-state index in [1.807, 2.05) is 18.5 Å². The molecule has 1 N–H and O–H groups in total. The number of nitrogens with one attached hydrogen (secondary N) is 1. The van der Waals surface area contributed by atoms with Crippen LogP contribution in [0.1, 0.15) is 39.2 Å². The SMILES string of the molecule is CCC(C)n1cnc2cnc(Nc3ccnc(N4CCC(OC)CC4)n3)cc21. The average molecular weight is 381 g/mol. The average Bonchev–Trinajstić information content (AvgIpc) is 3.17. The zero-order chi connectivity index (χ0) is 19.5. The molecule has 0 aliphatic carbocycles. The molecule has 3 aromatic heterocycles. The Morgan fingerprint density at radius 3 is 2.79 bits per heavy atom. The van der Waals surface area contributed by atoms with E-state index in [0.717, 1.165) is 61.0 Å². The van der Waals surface area contributed by atoms with Crippen molar-refractivity contribution in [2.24, 2.45) is 0 Å². The minimum absolute atomic E-state index is 0.337. The zero-order valence-corrected chi connectivity index (χ0v) is 16.7. The fraction of sp³-hybridized carbons (Fsp3) is 0.500. The summed E-state index contributed by atoms with van der Waals surface area (Å²) in [6, 6.07) is 4.28. The van der Waals surface area contributed by atoms with E-state index >= 15 is 0 Å². The quantitative estimate of drug-likeness (QED) is 0.699. The molecule has 148 valence electrons. The van der Waals surface area contributed by atoms with Gasteiger partial charge in [-0.1, -0.05) is 6.92 Å². The summed E-state index contributed by atoms with van der Waals surface area (Å²) in [6.45, 7) is 6.17. The summed E-state index contributed by atoms with van der Waals surface area (Å²) < 4.78 is 7.63. The predicted octanol–water partition coefficient (Wildman–Crippen LogP) is 3.55. The second-order valence-electron chi connectivity index (χ2n) is 7.26. The first-order valence-electron chi connectivity index (χ1n) is 9.88. The zero-order valence-electron chi connectivity index (χ0n) is 16.7. The summed E-state index contributed by atoms with van der Waals surface area (Å²) in [4.78, 5) is 20.3. The van der Waals surface area contributed by atoms with Crippen molar-refractivity contribution in [3.63, 3.8) is 0 Å². The number of rotatable bonds is 6. The van der Waals surface area contributed by atoms with Gasteiger partial charge in [0, 0.05) is 38.5 Å². The van der Waals surface area contributed by atoms with Gasteiger partial charge in [-0.2, -0.15) is 4.98 Å². The van der Waals surface area contributed by atoms with E-state index in [2.05, 4.69) is 48.6 Å². The van der Waals surface area contributed by atoms with Crippen molar-refractivity contribution in [1.82, 2.24) is 24.5 Å². The molecule has 8 heteroatoms. The molecule has 1 aliphatic rings. The number of piperidine rings is 1. The normalized spacial score (nSPS) is 16.5. The molecule has 1 fully saturated rings. The summed E-state index contributed by atoms with van der Waals surface area (Å²) in [5.41, 5.74) is 1.97. The van der Waals surface area contributed by atoms with Crippen LogP contribution in [-0.2, 0) is 4.74 Å². The number of imidazole rings is 1. The van der Waals surface area contributed by atoms with E-state index in [0.29, 0.717) is 12.1 Å². The standard InChI is InChI=1S/C20H27N7O/c1-4-14(2)27-13-23-16-12-22-19(11-17(16)27)24-18-5-8-21-20(25-18)26-9-6-15(28-3)7-10-26/h5,8,11-15H,4,6-7,9-10H2,1-3H3,(H,21,22,24,25). The molecule has 28 heavy (non-hydrogen) atoms. The van der Waals surface area contributed by atoms with Crippen LogP contribution in [0.5, 0.6) is 0 Å². The van der Waals surface area contributed by atoms with Gasteiger partial charge >= 0.3 is 0 Å². The molecule has 3 aromatic rings. The topological polar surface area (TPSA) is 81.0 Å². The largest absolute Gasteiger partial charge is 0.381 e. The lowest BCUT2D eigenvalue weighted by molar-refractivity contribution is 0.0816. The minimum atomic E-state index is 0.337. The number of anilines is 3.